The minimum absolute atomic E-state index is 0.332. The van der Waals surface area contributed by atoms with Crippen LogP contribution in [-0.2, 0) is 16.4 Å². The van der Waals surface area contributed by atoms with Crippen molar-refractivity contribution in [2.24, 2.45) is 0 Å². The molecule has 1 aromatic heterocycles. The van der Waals surface area contributed by atoms with Crippen LogP contribution in [0.3, 0.4) is 0 Å². The zero-order valence-electron chi connectivity index (χ0n) is 12.5. The van der Waals surface area contributed by atoms with Gasteiger partial charge in [-0.1, -0.05) is 40.2 Å². The minimum atomic E-state index is -3.16. The van der Waals surface area contributed by atoms with Gasteiger partial charge in [0, 0.05) is 35.2 Å². The zero-order valence-corrected chi connectivity index (χ0v) is 14.9. The number of sulfone groups is 1. The fraction of sp³-hybridized carbons (Fsp3) is 0.118. The lowest BCUT2D eigenvalue weighted by Gasteiger charge is -2.09. The first-order chi connectivity index (χ1) is 10.9. The predicted octanol–water partition coefficient (Wildman–Crippen LogP) is 3.76. The van der Waals surface area contributed by atoms with Crippen LogP contribution in [0.2, 0.25) is 0 Å². The van der Waals surface area contributed by atoms with E-state index in [0.29, 0.717) is 11.4 Å². The molecule has 0 amide bonds. The first-order valence-corrected chi connectivity index (χ1v) is 9.68. The quantitative estimate of drug-likeness (QED) is 0.681. The van der Waals surface area contributed by atoms with Crippen molar-refractivity contribution < 1.29 is 8.42 Å². The third kappa shape index (κ3) is 3.71. The lowest BCUT2D eigenvalue weighted by molar-refractivity contribution is 0.602. The summed E-state index contributed by atoms with van der Waals surface area (Å²) in [5, 5.41) is 0. The third-order valence-electron chi connectivity index (χ3n) is 3.50. The fourth-order valence-corrected chi connectivity index (χ4v) is 3.39. The standard InChI is InChI=1S/C17H15BrN2O2S/c1-23(21,22)16-7-5-13(6-8-16)12-20-10-9-19-17(20)14-3-2-4-15(18)11-14/h2-11H,12H2,1H3. The van der Waals surface area contributed by atoms with Crippen molar-refractivity contribution in [2.45, 2.75) is 11.4 Å². The van der Waals surface area contributed by atoms with E-state index in [1.165, 1.54) is 6.26 Å². The van der Waals surface area contributed by atoms with Gasteiger partial charge < -0.3 is 4.57 Å². The van der Waals surface area contributed by atoms with Gasteiger partial charge in [-0.2, -0.15) is 0 Å². The molecule has 0 saturated carbocycles. The van der Waals surface area contributed by atoms with Crippen LogP contribution in [0.5, 0.6) is 0 Å². The molecule has 4 nitrogen and oxygen atoms in total. The minimum Gasteiger partial charge on any atom is -0.327 e. The molecule has 6 heteroatoms. The van der Waals surface area contributed by atoms with Crippen LogP contribution >= 0.6 is 15.9 Å². The highest BCUT2D eigenvalue weighted by Crippen LogP contribution is 2.22. The summed E-state index contributed by atoms with van der Waals surface area (Å²) in [5.41, 5.74) is 2.05. The summed E-state index contributed by atoms with van der Waals surface area (Å²) in [6.45, 7) is 0.631. The molecule has 118 valence electrons. The average molecular weight is 391 g/mol. The Kier molecular flexibility index (Phi) is 4.37. The summed E-state index contributed by atoms with van der Waals surface area (Å²) in [5.74, 6) is 0.874. The molecule has 3 rings (SSSR count). The molecule has 0 radical (unpaired) electrons. The molecule has 0 spiro atoms. The van der Waals surface area contributed by atoms with Gasteiger partial charge >= 0.3 is 0 Å². The number of imidazole rings is 1. The van der Waals surface area contributed by atoms with Crippen molar-refractivity contribution in [3.05, 3.63) is 71.0 Å². The molecule has 0 aliphatic heterocycles. The highest BCUT2D eigenvalue weighted by molar-refractivity contribution is 9.10. The maximum Gasteiger partial charge on any atom is 0.175 e. The maximum atomic E-state index is 11.5. The normalized spacial score (nSPS) is 11.6. The van der Waals surface area contributed by atoms with Gasteiger partial charge in [0.1, 0.15) is 5.82 Å². The Bertz CT molecular complexity index is 931. The topological polar surface area (TPSA) is 52.0 Å². The van der Waals surface area contributed by atoms with E-state index in [9.17, 15) is 8.42 Å². The number of rotatable bonds is 4. The number of halogens is 1. The second-order valence-corrected chi connectivity index (χ2v) is 8.24. The van der Waals surface area contributed by atoms with Crippen LogP contribution in [0, 0.1) is 0 Å². The van der Waals surface area contributed by atoms with Crippen LogP contribution in [0.15, 0.2) is 70.3 Å². The zero-order chi connectivity index (χ0) is 16.4. The number of aromatic nitrogens is 2. The van der Waals surface area contributed by atoms with Crippen LogP contribution in [-0.4, -0.2) is 24.2 Å². The SMILES string of the molecule is CS(=O)(=O)c1ccc(Cn2ccnc2-c2cccc(Br)c2)cc1. The lowest BCUT2D eigenvalue weighted by atomic mass is 10.2. The molecular weight excluding hydrogens is 376 g/mol. The summed E-state index contributed by atoms with van der Waals surface area (Å²) in [6, 6.07) is 14.9. The summed E-state index contributed by atoms with van der Waals surface area (Å²) < 4.78 is 26.1. The molecule has 3 aromatic rings. The monoisotopic (exact) mass is 390 g/mol. The van der Waals surface area contributed by atoms with E-state index in [2.05, 4.69) is 20.9 Å². The summed E-state index contributed by atoms with van der Waals surface area (Å²) >= 11 is 3.47. The van der Waals surface area contributed by atoms with Crippen LogP contribution in [0.4, 0.5) is 0 Å². The Morgan fingerprint density at radius 2 is 1.87 bits per heavy atom. The molecule has 0 aliphatic carbocycles. The molecule has 1 heterocycles. The molecule has 0 aliphatic rings. The number of nitrogens with zero attached hydrogens (tertiary/aromatic N) is 2. The molecule has 0 atom stereocenters. The second-order valence-electron chi connectivity index (χ2n) is 5.31. The third-order valence-corrected chi connectivity index (χ3v) is 5.12. The highest BCUT2D eigenvalue weighted by Gasteiger charge is 2.09. The molecule has 0 N–H and O–H groups in total. The summed E-state index contributed by atoms with van der Waals surface area (Å²) in [4.78, 5) is 4.76. The van der Waals surface area contributed by atoms with Crippen LogP contribution < -0.4 is 0 Å². The molecule has 0 unspecified atom stereocenters. The van der Waals surface area contributed by atoms with E-state index in [0.717, 1.165) is 21.4 Å². The Labute approximate surface area is 143 Å². The van der Waals surface area contributed by atoms with Gasteiger partial charge in [-0.05, 0) is 29.8 Å². The van der Waals surface area contributed by atoms with Crippen molar-refractivity contribution >= 4 is 25.8 Å². The van der Waals surface area contributed by atoms with Gasteiger partial charge in [0.15, 0.2) is 9.84 Å². The Morgan fingerprint density at radius 3 is 2.52 bits per heavy atom. The van der Waals surface area contributed by atoms with E-state index in [-0.39, 0.29) is 0 Å². The largest absolute Gasteiger partial charge is 0.327 e. The Balaban J connectivity index is 1.89. The first kappa shape index (κ1) is 16.0. The van der Waals surface area contributed by atoms with Gasteiger partial charge in [-0.25, -0.2) is 13.4 Å². The molecular formula is C17H15BrN2O2S. The van der Waals surface area contributed by atoms with Crippen molar-refractivity contribution in [2.75, 3.05) is 6.26 Å². The van der Waals surface area contributed by atoms with Crippen LogP contribution in [0.25, 0.3) is 11.4 Å². The van der Waals surface area contributed by atoms with E-state index in [1.807, 2.05) is 47.2 Å². The van der Waals surface area contributed by atoms with Gasteiger partial charge in [0.05, 0.1) is 4.90 Å². The van der Waals surface area contributed by atoms with Crippen molar-refractivity contribution in [1.82, 2.24) is 9.55 Å². The smallest absolute Gasteiger partial charge is 0.175 e. The van der Waals surface area contributed by atoms with Crippen molar-refractivity contribution in [1.29, 1.82) is 0 Å². The first-order valence-electron chi connectivity index (χ1n) is 6.99. The maximum absolute atomic E-state index is 11.5. The predicted molar refractivity (Wildman–Crippen MR) is 94.0 cm³/mol. The summed E-state index contributed by atoms with van der Waals surface area (Å²) in [6.07, 6.45) is 4.89. The van der Waals surface area contributed by atoms with Crippen molar-refractivity contribution in [3.8, 4) is 11.4 Å². The van der Waals surface area contributed by atoms with Crippen LogP contribution in [0.1, 0.15) is 5.56 Å². The van der Waals surface area contributed by atoms with Gasteiger partial charge in [0.25, 0.3) is 0 Å². The van der Waals surface area contributed by atoms with Gasteiger partial charge in [-0.15, -0.1) is 0 Å². The fourth-order valence-electron chi connectivity index (χ4n) is 2.36. The number of hydrogen-bond acceptors (Lipinski definition) is 3. The molecule has 23 heavy (non-hydrogen) atoms. The van der Waals surface area contributed by atoms with E-state index in [4.69, 9.17) is 0 Å². The number of benzene rings is 2. The Morgan fingerprint density at radius 1 is 1.13 bits per heavy atom. The van der Waals surface area contributed by atoms with Gasteiger partial charge in [0.2, 0.25) is 0 Å². The Hall–Kier alpha value is -1.92. The van der Waals surface area contributed by atoms with Crippen molar-refractivity contribution in [3.63, 3.8) is 0 Å². The van der Waals surface area contributed by atoms with E-state index in [1.54, 1.807) is 18.3 Å². The molecule has 0 saturated heterocycles. The highest BCUT2D eigenvalue weighted by atomic mass is 79.9. The molecule has 2 aromatic carbocycles. The molecule has 0 fully saturated rings. The average Bonchev–Trinajstić information content (AvgIpc) is 2.95. The van der Waals surface area contributed by atoms with Gasteiger partial charge in [-0.3, -0.25) is 0 Å². The second kappa shape index (κ2) is 6.29. The number of hydrogen-bond donors (Lipinski definition) is 0. The molecule has 0 bridgehead atoms. The van der Waals surface area contributed by atoms with E-state index < -0.39 is 9.84 Å². The lowest BCUT2D eigenvalue weighted by Crippen LogP contribution is -2.02. The van der Waals surface area contributed by atoms with E-state index >= 15 is 0 Å². The summed E-state index contributed by atoms with van der Waals surface area (Å²) in [7, 11) is -3.16.